The summed E-state index contributed by atoms with van der Waals surface area (Å²) in [6.45, 7) is 6.36. The molecule has 0 amide bonds. The zero-order valence-corrected chi connectivity index (χ0v) is 53.2. The molecule has 6 heteroatoms. The minimum atomic E-state index is -0.822. The number of allylic oxidation sites excluding steroid dienone is 24. The van der Waals surface area contributed by atoms with E-state index in [0.29, 0.717) is 19.3 Å². The van der Waals surface area contributed by atoms with Gasteiger partial charge in [0.1, 0.15) is 13.2 Å². The van der Waals surface area contributed by atoms with Crippen LogP contribution in [0.1, 0.15) is 297 Å². The molecule has 0 N–H and O–H groups in total. The van der Waals surface area contributed by atoms with Gasteiger partial charge in [0.25, 0.3) is 0 Å². The number of esters is 3. The second-order valence-corrected chi connectivity index (χ2v) is 22.0. The molecule has 0 bridgehead atoms. The summed E-state index contributed by atoms with van der Waals surface area (Å²) in [6.07, 6.45) is 98.7. The van der Waals surface area contributed by atoms with Crippen LogP contribution < -0.4 is 0 Å². The average Bonchev–Trinajstić information content (AvgIpc) is 3.47. The third kappa shape index (κ3) is 66.1. The number of ether oxygens (including phenoxy) is 3. The van der Waals surface area contributed by atoms with E-state index in [0.717, 1.165) is 128 Å². The number of carbonyl (C=O) groups is 3. The molecule has 0 aliphatic heterocycles. The topological polar surface area (TPSA) is 78.9 Å². The first kappa shape index (κ1) is 77.3. The average molecular weight is 1130 g/mol. The Morgan fingerprint density at radius 2 is 0.488 bits per heavy atom. The molecule has 1 unspecified atom stereocenters. The van der Waals surface area contributed by atoms with Crippen molar-refractivity contribution in [2.75, 3.05) is 13.2 Å². The molecular formula is C76H124O6. The lowest BCUT2D eigenvalue weighted by Crippen LogP contribution is -2.30. The van der Waals surface area contributed by atoms with Gasteiger partial charge in [-0.1, -0.05) is 308 Å². The Hall–Kier alpha value is -4.71. The predicted octanol–water partition coefficient (Wildman–Crippen LogP) is 23.5. The maximum Gasteiger partial charge on any atom is 0.306 e. The number of hydrogen-bond donors (Lipinski definition) is 0. The first-order valence-corrected chi connectivity index (χ1v) is 33.8. The Morgan fingerprint density at radius 3 is 0.793 bits per heavy atom. The molecule has 0 aromatic heterocycles. The van der Waals surface area contributed by atoms with Crippen LogP contribution in [0.4, 0.5) is 0 Å². The molecule has 0 aromatic rings. The molecule has 82 heavy (non-hydrogen) atoms. The minimum absolute atomic E-state index is 0.116. The summed E-state index contributed by atoms with van der Waals surface area (Å²) in [5.74, 6) is -1.000. The maximum atomic E-state index is 13.0. The van der Waals surface area contributed by atoms with Gasteiger partial charge in [-0.25, -0.2) is 0 Å². The zero-order chi connectivity index (χ0) is 59.2. The smallest absolute Gasteiger partial charge is 0.306 e. The van der Waals surface area contributed by atoms with Crippen LogP contribution in [-0.2, 0) is 28.6 Å². The van der Waals surface area contributed by atoms with E-state index in [-0.39, 0.29) is 37.5 Å². The highest BCUT2D eigenvalue weighted by Gasteiger charge is 2.19. The summed E-state index contributed by atoms with van der Waals surface area (Å²) in [4.78, 5) is 38.4. The van der Waals surface area contributed by atoms with E-state index < -0.39 is 6.10 Å². The molecule has 0 saturated heterocycles. The fourth-order valence-corrected chi connectivity index (χ4v) is 9.11. The van der Waals surface area contributed by atoms with Gasteiger partial charge in [-0.2, -0.15) is 0 Å². The van der Waals surface area contributed by atoms with Gasteiger partial charge in [0.2, 0.25) is 0 Å². The highest BCUT2D eigenvalue weighted by atomic mass is 16.6. The Morgan fingerprint density at radius 1 is 0.256 bits per heavy atom. The van der Waals surface area contributed by atoms with Crippen molar-refractivity contribution in [2.45, 2.75) is 303 Å². The van der Waals surface area contributed by atoms with E-state index in [1.807, 2.05) is 0 Å². The molecule has 6 nitrogen and oxygen atoms in total. The quantitative estimate of drug-likeness (QED) is 0.0261. The van der Waals surface area contributed by atoms with Crippen LogP contribution in [0.5, 0.6) is 0 Å². The largest absolute Gasteiger partial charge is 0.462 e. The van der Waals surface area contributed by atoms with E-state index in [2.05, 4.69) is 167 Å². The summed E-state index contributed by atoms with van der Waals surface area (Å²) in [7, 11) is 0. The summed E-state index contributed by atoms with van der Waals surface area (Å²) in [6, 6.07) is 0. The summed E-state index contributed by atoms with van der Waals surface area (Å²) in [5.41, 5.74) is 0. The second kappa shape index (κ2) is 68.8. The number of hydrogen-bond acceptors (Lipinski definition) is 6. The van der Waals surface area contributed by atoms with Crippen molar-refractivity contribution in [3.05, 3.63) is 146 Å². The van der Waals surface area contributed by atoms with Gasteiger partial charge in [-0.05, 0) is 116 Å². The van der Waals surface area contributed by atoms with Gasteiger partial charge >= 0.3 is 17.9 Å². The normalized spacial score (nSPS) is 13.1. The summed E-state index contributed by atoms with van der Waals surface area (Å²) < 4.78 is 16.9. The fourth-order valence-electron chi connectivity index (χ4n) is 9.11. The molecule has 0 aromatic carbocycles. The molecule has 0 fully saturated rings. The molecular weight excluding hydrogens is 1010 g/mol. The lowest BCUT2D eigenvalue weighted by molar-refractivity contribution is -0.167. The fraction of sp³-hybridized carbons (Fsp3) is 0.645. The summed E-state index contributed by atoms with van der Waals surface area (Å²) in [5, 5.41) is 0. The molecule has 0 heterocycles. The number of unbranched alkanes of at least 4 members (excludes halogenated alkanes) is 25. The first-order valence-electron chi connectivity index (χ1n) is 33.8. The Kier molecular flexibility index (Phi) is 64.8. The van der Waals surface area contributed by atoms with Gasteiger partial charge in [0.15, 0.2) is 6.10 Å². The van der Waals surface area contributed by atoms with Gasteiger partial charge in [-0.3, -0.25) is 14.4 Å². The van der Waals surface area contributed by atoms with Crippen LogP contribution >= 0.6 is 0 Å². The standard InChI is InChI=1S/C76H124O6/c1-4-7-10-13-16-19-22-25-28-31-33-35-37-38-39-41-42-45-48-51-54-57-60-63-66-69-75(78)81-72-73(71-80-74(77)68-65-62-59-56-53-50-47-44-30-27-24-21-18-15-12-9-6-3)82-76(79)70-67-64-61-58-55-52-49-46-43-40-36-34-32-29-26-23-20-17-14-11-8-5-2/h7,9-10,12,16,18-19,21,25,27-28,30,33,35,38-39,42,45,47,50-51,54,56,59,73H,4-6,8,11,13-15,17,20,22-24,26,29,31-32,34,36-37,40-41,43-44,46,48-49,52-53,55,57-58,60-72H2,1-3H3/b10-7-,12-9-,19-16-,21-18-,28-25-,30-27-,35-33-,39-38-,45-42-,50-47-,54-51-,59-56-. The van der Waals surface area contributed by atoms with Gasteiger partial charge < -0.3 is 14.2 Å². The van der Waals surface area contributed by atoms with Gasteiger partial charge in [0.05, 0.1) is 0 Å². The van der Waals surface area contributed by atoms with Crippen LogP contribution in [0.15, 0.2) is 146 Å². The maximum absolute atomic E-state index is 13.0. The second-order valence-electron chi connectivity index (χ2n) is 22.0. The van der Waals surface area contributed by atoms with Crippen LogP contribution in [0.3, 0.4) is 0 Å². The van der Waals surface area contributed by atoms with Gasteiger partial charge in [-0.15, -0.1) is 0 Å². The van der Waals surface area contributed by atoms with E-state index in [4.69, 9.17) is 14.2 Å². The Bertz CT molecular complexity index is 1780. The lowest BCUT2D eigenvalue weighted by atomic mass is 10.0. The van der Waals surface area contributed by atoms with Gasteiger partial charge in [0, 0.05) is 19.3 Å². The number of rotatable bonds is 60. The van der Waals surface area contributed by atoms with Crippen LogP contribution in [0, 0.1) is 0 Å². The Labute approximate surface area is 506 Å². The van der Waals surface area contributed by atoms with Crippen molar-refractivity contribution in [3.8, 4) is 0 Å². The molecule has 1 atom stereocenters. The molecule has 0 aliphatic carbocycles. The van der Waals surface area contributed by atoms with Crippen molar-refractivity contribution < 1.29 is 28.6 Å². The molecule has 464 valence electrons. The summed E-state index contributed by atoms with van der Waals surface area (Å²) >= 11 is 0. The van der Waals surface area contributed by atoms with Crippen molar-refractivity contribution in [3.63, 3.8) is 0 Å². The third-order valence-electron chi connectivity index (χ3n) is 14.1. The lowest BCUT2D eigenvalue weighted by Gasteiger charge is -2.18. The van der Waals surface area contributed by atoms with E-state index >= 15 is 0 Å². The van der Waals surface area contributed by atoms with E-state index in [1.54, 1.807) is 0 Å². The van der Waals surface area contributed by atoms with Crippen molar-refractivity contribution in [2.24, 2.45) is 0 Å². The SMILES string of the molecule is CC/C=C\C/C=C\C/C=C\C/C=C\C/C=C\C/C=C\C/C=C\CCCCCC(=O)OCC(COC(=O)CCC/C=C\C/C=C\C/C=C\C/C=C\C/C=C\CC)OC(=O)CCCCCCCCCCCCCCCCCCCCCCCC. The molecule has 0 spiro atoms. The van der Waals surface area contributed by atoms with Crippen molar-refractivity contribution in [1.29, 1.82) is 0 Å². The molecule has 0 rings (SSSR count). The zero-order valence-electron chi connectivity index (χ0n) is 53.2. The minimum Gasteiger partial charge on any atom is -0.462 e. The molecule has 0 aliphatic rings. The predicted molar refractivity (Wildman–Crippen MR) is 357 cm³/mol. The first-order chi connectivity index (χ1) is 40.5. The third-order valence-corrected chi connectivity index (χ3v) is 14.1. The van der Waals surface area contributed by atoms with Crippen molar-refractivity contribution >= 4 is 17.9 Å². The highest BCUT2D eigenvalue weighted by molar-refractivity contribution is 5.71. The van der Waals surface area contributed by atoms with Crippen LogP contribution in [-0.4, -0.2) is 37.2 Å². The molecule has 0 saturated carbocycles. The van der Waals surface area contributed by atoms with E-state index in [1.165, 1.54) is 122 Å². The monoisotopic (exact) mass is 1130 g/mol. The van der Waals surface area contributed by atoms with Crippen LogP contribution in [0.2, 0.25) is 0 Å². The van der Waals surface area contributed by atoms with Crippen molar-refractivity contribution in [1.82, 2.24) is 0 Å². The Balaban J connectivity index is 4.50. The van der Waals surface area contributed by atoms with E-state index in [9.17, 15) is 14.4 Å². The van der Waals surface area contributed by atoms with Crippen LogP contribution in [0.25, 0.3) is 0 Å². The highest BCUT2D eigenvalue weighted by Crippen LogP contribution is 2.17. The molecule has 0 radical (unpaired) electrons. The number of carbonyl (C=O) groups excluding carboxylic acids is 3.